The average molecular weight is 438 g/mol. The van der Waals surface area contributed by atoms with Gasteiger partial charge in [0.05, 0.1) is 0 Å². The highest BCUT2D eigenvalue weighted by atomic mass is 16.5. The van der Waals surface area contributed by atoms with Crippen LogP contribution in [-0.4, -0.2) is 20.9 Å². The van der Waals surface area contributed by atoms with Gasteiger partial charge in [-0.25, -0.2) is 0 Å². The molecule has 5 heteroatoms. The first kappa shape index (κ1) is 21.1. The lowest BCUT2D eigenvalue weighted by Gasteiger charge is -2.21. The van der Waals surface area contributed by atoms with Crippen LogP contribution in [0.4, 0.5) is 0 Å². The van der Waals surface area contributed by atoms with Gasteiger partial charge in [-0.05, 0) is 33.7 Å². The molecule has 166 valence electrons. The molecule has 0 aliphatic carbocycles. The predicted octanol–water partition coefficient (Wildman–Crippen LogP) is 6.00. The summed E-state index contributed by atoms with van der Waals surface area (Å²) in [6, 6.07) is 24.9. The summed E-state index contributed by atoms with van der Waals surface area (Å²) < 4.78 is 5.44. The lowest BCUT2D eigenvalue weighted by atomic mass is 9.97. The lowest BCUT2D eigenvalue weighted by molar-refractivity contribution is -0.132. The van der Waals surface area contributed by atoms with E-state index in [-0.39, 0.29) is 5.91 Å². The molecule has 3 aromatic carbocycles. The second-order valence-electron chi connectivity index (χ2n) is 8.85. The molecule has 1 amide bonds. The summed E-state index contributed by atoms with van der Waals surface area (Å²) in [6.07, 6.45) is 0.758. The van der Waals surface area contributed by atoms with Crippen molar-refractivity contribution in [2.75, 3.05) is 0 Å². The zero-order valence-electron chi connectivity index (χ0n) is 19.0. The molecule has 0 fully saturated rings. The number of fused-ring (bicyclic) bond motifs is 3. The minimum Gasteiger partial charge on any atom is -0.339 e. The van der Waals surface area contributed by atoms with Gasteiger partial charge in [0.25, 0.3) is 0 Å². The van der Waals surface area contributed by atoms with Crippen LogP contribution >= 0.6 is 0 Å². The predicted molar refractivity (Wildman–Crippen MR) is 128 cm³/mol. The van der Waals surface area contributed by atoms with Gasteiger partial charge < -0.3 is 9.42 Å². The fourth-order valence-electron chi connectivity index (χ4n) is 4.35. The van der Waals surface area contributed by atoms with Gasteiger partial charge in [0.15, 0.2) is 0 Å². The molecule has 1 aliphatic heterocycles. The summed E-state index contributed by atoms with van der Waals surface area (Å²) in [6.45, 7) is 5.53. The number of hydrogen-bond acceptors (Lipinski definition) is 4. The Morgan fingerprint density at radius 3 is 2.12 bits per heavy atom. The topological polar surface area (TPSA) is 59.2 Å². The van der Waals surface area contributed by atoms with Gasteiger partial charge in [0.1, 0.15) is 0 Å². The number of nitrogens with zero attached hydrogens (tertiary/aromatic N) is 3. The number of rotatable bonds is 5. The molecular formula is C28H27N3O2. The third-order valence-corrected chi connectivity index (χ3v) is 6.26. The molecule has 4 aromatic rings. The number of carbonyl (C=O) groups is 1. The molecule has 33 heavy (non-hydrogen) atoms. The number of aryl methyl sites for hydroxylation is 1. The molecule has 0 saturated heterocycles. The fourth-order valence-corrected chi connectivity index (χ4v) is 4.35. The third-order valence-electron chi connectivity index (χ3n) is 6.26. The van der Waals surface area contributed by atoms with Crippen molar-refractivity contribution in [3.05, 3.63) is 95.4 Å². The number of carbonyl (C=O) groups excluding carboxylic acids is 1. The zero-order valence-corrected chi connectivity index (χ0v) is 19.0. The Bertz CT molecular complexity index is 1230. The summed E-state index contributed by atoms with van der Waals surface area (Å²) in [5.74, 6) is 1.61. The van der Waals surface area contributed by atoms with E-state index >= 15 is 0 Å². The first-order valence-electron chi connectivity index (χ1n) is 11.5. The van der Waals surface area contributed by atoms with E-state index < -0.39 is 0 Å². The van der Waals surface area contributed by atoms with E-state index in [1.54, 1.807) is 0 Å². The van der Waals surface area contributed by atoms with Crippen LogP contribution in [-0.2, 0) is 24.3 Å². The normalized spacial score (nSPS) is 12.9. The van der Waals surface area contributed by atoms with Crippen molar-refractivity contribution in [3.8, 4) is 22.5 Å². The molecule has 5 rings (SSSR count). The van der Waals surface area contributed by atoms with E-state index in [0.29, 0.717) is 43.6 Å². The molecule has 0 spiro atoms. The van der Waals surface area contributed by atoms with E-state index in [0.717, 1.165) is 5.56 Å². The quantitative estimate of drug-likeness (QED) is 0.384. The minimum absolute atomic E-state index is 0.0857. The van der Waals surface area contributed by atoms with Crippen LogP contribution in [0, 0.1) is 0 Å². The van der Waals surface area contributed by atoms with E-state index in [2.05, 4.69) is 72.5 Å². The van der Waals surface area contributed by atoms with E-state index in [1.807, 2.05) is 29.2 Å². The molecule has 0 radical (unpaired) electrons. The summed E-state index contributed by atoms with van der Waals surface area (Å²) in [4.78, 5) is 19.6. The maximum atomic E-state index is 13.2. The second kappa shape index (κ2) is 9.02. The van der Waals surface area contributed by atoms with Gasteiger partial charge in [-0.15, -0.1) is 0 Å². The van der Waals surface area contributed by atoms with Crippen LogP contribution in [0.25, 0.3) is 22.5 Å². The third kappa shape index (κ3) is 4.44. The van der Waals surface area contributed by atoms with Gasteiger partial charge in [-0.3, -0.25) is 4.79 Å². The molecule has 1 aromatic heterocycles. The smallest absolute Gasteiger partial charge is 0.227 e. The van der Waals surface area contributed by atoms with Gasteiger partial charge in [-0.1, -0.05) is 91.8 Å². The molecule has 0 saturated carbocycles. The van der Waals surface area contributed by atoms with E-state index in [1.165, 1.54) is 27.8 Å². The van der Waals surface area contributed by atoms with Crippen molar-refractivity contribution < 1.29 is 9.32 Å². The number of benzene rings is 3. The number of amides is 1. The molecule has 0 atom stereocenters. The van der Waals surface area contributed by atoms with Crippen molar-refractivity contribution in [1.29, 1.82) is 0 Å². The maximum Gasteiger partial charge on any atom is 0.227 e. The molecule has 0 N–H and O–H groups in total. The summed E-state index contributed by atoms with van der Waals surface area (Å²) >= 11 is 0. The van der Waals surface area contributed by atoms with Crippen LogP contribution in [0.5, 0.6) is 0 Å². The van der Waals surface area contributed by atoms with Crippen molar-refractivity contribution in [3.63, 3.8) is 0 Å². The first-order chi connectivity index (χ1) is 16.1. The zero-order chi connectivity index (χ0) is 22.8. The standard InChI is InChI=1S/C28H27N3O2/c1-19(2)20-11-13-21(14-12-20)28-29-26(33-30-28)15-16-27(32)31-17-22-7-3-5-9-24(22)25-10-6-4-8-23(25)18-31/h3-14,19H,15-18H2,1-2H3. The van der Waals surface area contributed by atoms with Gasteiger partial charge >= 0.3 is 0 Å². The lowest BCUT2D eigenvalue weighted by Crippen LogP contribution is -2.29. The van der Waals surface area contributed by atoms with Gasteiger partial charge in [-0.2, -0.15) is 4.98 Å². The Kier molecular flexibility index (Phi) is 5.78. The van der Waals surface area contributed by atoms with E-state index in [4.69, 9.17) is 4.52 Å². The Labute approximate surface area is 194 Å². The Morgan fingerprint density at radius 2 is 1.52 bits per heavy atom. The van der Waals surface area contributed by atoms with Crippen molar-refractivity contribution in [2.24, 2.45) is 0 Å². The molecular weight excluding hydrogens is 410 g/mol. The van der Waals surface area contributed by atoms with Crippen LogP contribution in [0.2, 0.25) is 0 Å². The highest BCUT2D eigenvalue weighted by molar-refractivity contribution is 5.79. The largest absolute Gasteiger partial charge is 0.339 e. The SMILES string of the molecule is CC(C)c1ccc(-c2noc(CCC(=O)N3Cc4ccccc4-c4ccccc4C3)n2)cc1. The van der Waals surface area contributed by atoms with E-state index in [9.17, 15) is 4.79 Å². The van der Waals surface area contributed by atoms with Crippen LogP contribution in [0.3, 0.4) is 0 Å². The molecule has 5 nitrogen and oxygen atoms in total. The fraction of sp³-hybridized carbons (Fsp3) is 0.250. The Hall–Kier alpha value is -3.73. The molecule has 0 unspecified atom stereocenters. The summed E-state index contributed by atoms with van der Waals surface area (Å²) in [7, 11) is 0. The molecule has 1 aliphatic rings. The van der Waals surface area contributed by atoms with Crippen LogP contribution in [0.1, 0.15) is 48.8 Å². The summed E-state index contributed by atoms with van der Waals surface area (Å²) in [5, 5.41) is 4.11. The van der Waals surface area contributed by atoms with Crippen molar-refractivity contribution in [1.82, 2.24) is 15.0 Å². The Balaban J connectivity index is 1.28. The maximum absolute atomic E-state index is 13.2. The van der Waals surface area contributed by atoms with Crippen LogP contribution < -0.4 is 0 Å². The monoisotopic (exact) mass is 437 g/mol. The average Bonchev–Trinajstić information content (AvgIpc) is 3.25. The first-order valence-corrected chi connectivity index (χ1v) is 11.5. The second-order valence-corrected chi connectivity index (χ2v) is 8.85. The van der Waals surface area contributed by atoms with Gasteiger partial charge in [0, 0.05) is 31.5 Å². The molecule has 0 bridgehead atoms. The highest BCUT2D eigenvalue weighted by Gasteiger charge is 2.23. The minimum atomic E-state index is 0.0857. The van der Waals surface area contributed by atoms with Crippen molar-refractivity contribution in [2.45, 2.75) is 45.7 Å². The number of hydrogen-bond donors (Lipinski definition) is 0. The Morgan fingerprint density at radius 1 is 0.909 bits per heavy atom. The summed E-state index contributed by atoms with van der Waals surface area (Å²) in [5.41, 5.74) is 6.93. The molecule has 2 heterocycles. The number of aromatic nitrogens is 2. The van der Waals surface area contributed by atoms with Crippen molar-refractivity contribution >= 4 is 5.91 Å². The highest BCUT2D eigenvalue weighted by Crippen LogP contribution is 2.32. The van der Waals surface area contributed by atoms with Crippen LogP contribution in [0.15, 0.2) is 77.3 Å². The van der Waals surface area contributed by atoms with Gasteiger partial charge in [0.2, 0.25) is 17.6 Å².